The van der Waals surface area contributed by atoms with Gasteiger partial charge in [-0.15, -0.1) is 10.2 Å². The average molecular weight is 364 g/mol. The molecule has 0 spiro atoms. The van der Waals surface area contributed by atoms with Crippen molar-refractivity contribution in [2.75, 3.05) is 11.9 Å². The zero-order valence-corrected chi connectivity index (χ0v) is 14.9. The van der Waals surface area contributed by atoms with Gasteiger partial charge in [0.05, 0.1) is 0 Å². The van der Waals surface area contributed by atoms with Crippen molar-refractivity contribution >= 4 is 28.3 Å². The molecule has 0 atom stereocenters. The number of benzene rings is 1. The Morgan fingerprint density at radius 2 is 1.92 bits per heavy atom. The van der Waals surface area contributed by atoms with E-state index in [9.17, 15) is 14.0 Å². The first-order valence-electron chi connectivity index (χ1n) is 8.24. The maximum Gasteiger partial charge on any atom is 0.251 e. The average Bonchev–Trinajstić information content (AvgIpc) is 3.04. The Morgan fingerprint density at radius 3 is 2.64 bits per heavy atom. The Hall–Kier alpha value is -2.35. The number of hydrogen-bond donors (Lipinski definition) is 2. The zero-order chi connectivity index (χ0) is 18.1. The van der Waals surface area contributed by atoms with Crippen LogP contribution in [0.1, 0.15) is 48.0 Å². The Balaban J connectivity index is 1.65. The summed E-state index contributed by atoms with van der Waals surface area (Å²) in [6, 6.07) is 5.31. The summed E-state index contributed by atoms with van der Waals surface area (Å²) in [7, 11) is 0. The fourth-order valence-corrected chi connectivity index (χ4v) is 2.87. The highest BCUT2D eigenvalue weighted by Gasteiger charge is 2.09. The van der Waals surface area contributed by atoms with E-state index < -0.39 is 0 Å². The highest BCUT2D eigenvalue weighted by atomic mass is 32.1. The highest BCUT2D eigenvalue weighted by molar-refractivity contribution is 7.15. The smallest absolute Gasteiger partial charge is 0.251 e. The van der Waals surface area contributed by atoms with E-state index in [-0.39, 0.29) is 24.1 Å². The molecule has 0 saturated carbocycles. The summed E-state index contributed by atoms with van der Waals surface area (Å²) in [6.45, 7) is 2.47. The van der Waals surface area contributed by atoms with Crippen molar-refractivity contribution < 1.29 is 14.0 Å². The molecule has 0 fully saturated rings. The van der Waals surface area contributed by atoms with Crippen molar-refractivity contribution in [2.24, 2.45) is 0 Å². The van der Waals surface area contributed by atoms with E-state index in [0.29, 0.717) is 23.7 Å². The zero-order valence-electron chi connectivity index (χ0n) is 14.0. The molecule has 1 aromatic carbocycles. The number of halogens is 1. The molecule has 2 amide bonds. The molecule has 1 heterocycles. The molecule has 2 rings (SSSR count). The third-order valence-corrected chi connectivity index (χ3v) is 4.33. The van der Waals surface area contributed by atoms with Gasteiger partial charge in [0.2, 0.25) is 11.0 Å². The van der Waals surface area contributed by atoms with Gasteiger partial charge in [-0.25, -0.2) is 4.39 Å². The Labute approximate surface area is 149 Å². The molecule has 1 aromatic heterocycles. The summed E-state index contributed by atoms with van der Waals surface area (Å²) in [5.74, 6) is -0.831. The van der Waals surface area contributed by atoms with E-state index in [2.05, 4.69) is 27.8 Å². The minimum atomic E-state index is -0.386. The molecule has 0 bridgehead atoms. The molecule has 0 unspecified atom stereocenters. The van der Waals surface area contributed by atoms with Crippen LogP contribution < -0.4 is 10.6 Å². The number of amides is 2. The number of carbonyl (C=O) groups is 2. The summed E-state index contributed by atoms with van der Waals surface area (Å²) < 4.78 is 12.8. The second-order valence-corrected chi connectivity index (χ2v) is 6.58. The summed E-state index contributed by atoms with van der Waals surface area (Å²) in [4.78, 5) is 23.7. The number of nitrogens with zero attached hydrogens (tertiary/aromatic N) is 2. The quantitative estimate of drug-likeness (QED) is 0.670. The highest BCUT2D eigenvalue weighted by Crippen LogP contribution is 2.17. The summed E-state index contributed by atoms with van der Waals surface area (Å²) in [5.41, 5.74) is 0.388. The van der Waals surface area contributed by atoms with Crippen LogP contribution in [-0.4, -0.2) is 28.6 Å². The van der Waals surface area contributed by atoms with Crippen LogP contribution in [0.3, 0.4) is 0 Å². The number of aryl methyl sites for hydroxylation is 1. The van der Waals surface area contributed by atoms with Crippen molar-refractivity contribution in [2.45, 2.75) is 39.0 Å². The number of anilines is 1. The van der Waals surface area contributed by atoms with E-state index in [4.69, 9.17) is 0 Å². The van der Waals surface area contributed by atoms with Crippen LogP contribution in [-0.2, 0) is 11.2 Å². The van der Waals surface area contributed by atoms with Gasteiger partial charge in [-0.1, -0.05) is 24.7 Å². The number of rotatable bonds is 9. The minimum Gasteiger partial charge on any atom is -0.352 e. The Kier molecular flexibility index (Phi) is 7.46. The van der Waals surface area contributed by atoms with Gasteiger partial charge in [0.15, 0.2) is 0 Å². The third-order valence-electron chi connectivity index (χ3n) is 3.43. The van der Waals surface area contributed by atoms with Crippen LogP contribution in [0.4, 0.5) is 9.52 Å². The number of nitrogens with one attached hydrogen (secondary N) is 2. The predicted octanol–water partition coefficient (Wildman–Crippen LogP) is 3.17. The molecule has 134 valence electrons. The topological polar surface area (TPSA) is 84.0 Å². The van der Waals surface area contributed by atoms with Crippen LogP contribution in [0.2, 0.25) is 0 Å². The number of unbranched alkanes of at least 4 members (excludes halogenated alkanes) is 1. The lowest BCUT2D eigenvalue weighted by Crippen LogP contribution is -2.25. The van der Waals surface area contributed by atoms with Crippen LogP contribution >= 0.6 is 11.3 Å². The number of hydrogen-bond acceptors (Lipinski definition) is 5. The summed E-state index contributed by atoms with van der Waals surface area (Å²) in [6.07, 6.45) is 3.79. The van der Waals surface area contributed by atoms with Crippen molar-refractivity contribution in [3.05, 3.63) is 40.7 Å². The van der Waals surface area contributed by atoms with Crippen molar-refractivity contribution in [3.63, 3.8) is 0 Å². The normalized spacial score (nSPS) is 10.5. The van der Waals surface area contributed by atoms with Crippen molar-refractivity contribution in [3.8, 4) is 0 Å². The first kappa shape index (κ1) is 19.0. The van der Waals surface area contributed by atoms with Gasteiger partial charge >= 0.3 is 0 Å². The lowest BCUT2D eigenvalue weighted by molar-refractivity contribution is -0.116. The summed E-state index contributed by atoms with van der Waals surface area (Å²) >= 11 is 1.39. The van der Waals surface area contributed by atoms with Gasteiger partial charge in [-0.3, -0.25) is 9.59 Å². The first-order chi connectivity index (χ1) is 12.1. The van der Waals surface area contributed by atoms with E-state index in [1.165, 1.54) is 35.6 Å². The lowest BCUT2D eigenvalue weighted by atomic mass is 10.2. The van der Waals surface area contributed by atoms with E-state index >= 15 is 0 Å². The van der Waals surface area contributed by atoms with Gasteiger partial charge < -0.3 is 10.6 Å². The second-order valence-electron chi connectivity index (χ2n) is 5.52. The van der Waals surface area contributed by atoms with Gasteiger partial charge in [0.25, 0.3) is 5.91 Å². The number of aromatic nitrogens is 2. The Morgan fingerprint density at radius 1 is 1.16 bits per heavy atom. The van der Waals surface area contributed by atoms with Crippen LogP contribution in [0.25, 0.3) is 0 Å². The minimum absolute atomic E-state index is 0.158. The SMILES string of the molecule is CCCCc1nnc(NC(=O)CCCNC(=O)c2ccc(F)cc2)s1. The van der Waals surface area contributed by atoms with Gasteiger partial charge in [-0.05, 0) is 37.1 Å². The van der Waals surface area contributed by atoms with Gasteiger partial charge in [0.1, 0.15) is 10.8 Å². The third kappa shape index (κ3) is 6.58. The van der Waals surface area contributed by atoms with Crippen LogP contribution in [0.5, 0.6) is 0 Å². The van der Waals surface area contributed by atoms with Gasteiger partial charge in [0, 0.05) is 24.9 Å². The van der Waals surface area contributed by atoms with Crippen LogP contribution in [0, 0.1) is 5.82 Å². The van der Waals surface area contributed by atoms with Crippen molar-refractivity contribution in [1.82, 2.24) is 15.5 Å². The second kappa shape index (κ2) is 9.83. The maximum atomic E-state index is 12.8. The van der Waals surface area contributed by atoms with Crippen LogP contribution in [0.15, 0.2) is 24.3 Å². The molecule has 6 nitrogen and oxygen atoms in total. The molecule has 0 aliphatic heterocycles. The Bertz CT molecular complexity index is 703. The molecule has 2 aromatic rings. The molecule has 2 N–H and O–H groups in total. The lowest BCUT2D eigenvalue weighted by Gasteiger charge is -2.05. The fourth-order valence-electron chi connectivity index (χ4n) is 2.07. The largest absolute Gasteiger partial charge is 0.352 e. The molecular formula is C17H21FN4O2S. The molecule has 0 aliphatic rings. The van der Waals surface area contributed by atoms with E-state index in [1.54, 1.807) is 0 Å². The molecule has 0 saturated heterocycles. The predicted molar refractivity (Wildman–Crippen MR) is 95.1 cm³/mol. The molecule has 0 aliphatic carbocycles. The molecule has 8 heteroatoms. The molecule has 25 heavy (non-hydrogen) atoms. The number of carbonyl (C=O) groups excluding carboxylic acids is 2. The maximum absolute atomic E-state index is 12.8. The summed E-state index contributed by atoms with van der Waals surface area (Å²) in [5, 5.41) is 14.8. The van der Waals surface area contributed by atoms with Crippen molar-refractivity contribution in [1.29, 1.82) is 0 Å². The first-order valence-corrected chi connectivity index (χ1v) is 9.06. The fraction of sp³-hybridized carbons (Fsp3) is 0.412. The standard InChI is InChI=1S/C17H21FN4O2S/c1-2-3-6-15-21-22-17(25-15)20-14(23)5-4-11-19-16(24)12-7-9-13(18)10-8-12/h7-10H,2-6,11H2,1H3,(H,19,24)(H,20,22,23). The monoisotopic (exact) mass is 364 g/mol. The van der Waals surface area contributed by atoms with E-state index in [0.717, 1.165) is 24.3 Å². The molecule has 0 radical (unpaired) electrons. The molecular weight excluding hydrogens is 343 g/mol. The van der Waals surface area contributed by atoms with E-state index in [1.807, 2.05) is 0 Å². The van der Waals surface area contributed by atoms with Gasteiger partial charge in [-0.2, -0.15) is 0 Å².